The van der Waals surface area contributed by atoms with E-state index in [1.54, 1.807) is 24.3 Å². The molecule has 0 atom stereocenters. The second-order valence-corrected chi connectivity index (χ2v) is 5.88. The van der Waals surface area contributed by atoms with Gasteiger partial charge in [-0.15, -0.1) is 0 Å². The third-order valence-electron chi connectivity index (χ3n) is 3.34. The molecule has 2 aromatic rings. The van der Waals surface area contributed by atoms with Gasteiger partial charge in [-0.25, -0.2) is 9.78 Å². The van der Waals surface area contributed by atoms with Gasteiger partial charge in [-0.3, -0.25) is 4.79 Å². The maximum atomic E-state index is 12.1. The van der Waals surface area contributed by atoms with Crippen LogP contribution in [0.25, 0.3) is 0 Å². The summed E-state index contributed by atoms with van der Waals surface area (Å²) in [5.74, 6) is -0.234. The van der Waals surface area contributed by atoms with Crippen molar-refractivity contribution in [3.05, 3.63) is 53.7 Å². The Morgan fingerprint density at radius 1 is 1.15 bits per heavy atom. The van der Waals surface area contributed by atoms with Gasteiger partial charge in [-0.2, -0.15) is 0 Å². The molecule has 0 fully saturated rings. The normalized spacial score (nSPS) is 10.4. The molecule has 1 heterocycles. The van der Waals surface area contributed by atoms with Crippen LogP contribution in [0.5, 0.6) is 11.6 Å². The van der Waals surface area contributed by atoms with Gasteiger partial charge in [0.2, 0.25) is 5.88 Å². The lowest BCUT2D eigenvalue weighted by molar-refractivity contribution is -0.139. The van der Waals surface area contributed by atoms with Crippen molar-refractivity contribution in [2.24, 2.45) is 0 Å². The van der Waals surface area contributed by atoms with Crippen molar-refractivity contribution in [1.29, 1.82) is 0 Å². The number of carbonyl (C=O) groups excluding carboxylic acids is 1. The third-order valence-corrected chi connectivity index (χ3v) is 3.34. The summed E-state index contributed by atoms with van der Waals surface area (Å²) in [6.07, 6.45) is 2.16. The Bertz CT molecular complexity index is 727. The molecule has 138 valence electrons. The molecular weight excluding hydrogens is 336 g/mol. The zero-order valence-electron chi connectivity index (χ0n) is 14.8. The van der Waals surface area contributed by atoms with E-state index in [4.69, 9.17) is 14.6 Å². The number of hydrogen-bond acceptors (Lipinski definition) is 5. The molecule has 0 aliphatic heterocycles. The highest BCUT2D eigenvalue weighted by Crippen LogP contribution is 2.13. The number of amides is 1. The zero-order valence-corrected chi connectivity index (χ0v) is 14.8. The van der Waals surface area contributed by atoms with E-state index >= 15 is 0 Å². The number of benzene rings is 1. The fraction of sp³-hybridized carbons (Fsp3) is 0.316. The largest absolute Gasteiger partial charge is 0.482 e. The van der Waals surface area contributed by atoms with Crippen LogP contribution in [0.2, 0.25) is 0 Å². The standard InChI is InChI=1S/C19H22N2O5/c1-13(2)26-17-8-5-15(11-21-17)19(24)20-10-9-14-3-6-16(7-4-14)25-12-18(22)23/h3-8,11,13H,9-10,12H2,1-2H3,(H,20,24)(H,22,23). The molecular formula is C19H22N2O5. The van der Waals surface area contributed by atoms with Crippen LogP contribution in [0.15, 0.2) is 42.6 Å². The van der Waals surface area contributed by atoms with E-state index in [0.717, 1.165) is 5.56 Å². The molecule has 1 aromatic carbocycles. The molecule has 0 unspecified atom stereocenters. The first-order valence-corrected chi connectivity index (χ1v) is 8.28. The summed E-state index contributed by atoms with van der Waals surface area (Å²) in [5.41, 5.74) is 1.48. The van der Waals surface area contributed by atoms with Crippen molar-refractivity contribution < 1.29 is 24.2 Å². The van der Waals surface area contributed by atoms with Gasteiger partial charge in [0.15, 0.2) is 6.61 Å². The molecule has 0 spiro atoms. The predicted molar refractivity (Wildman–Crippen MR) is 95.6 cm³/mol. The highest BCUT2D eigenvalue weighted by atomic mass is 16.5. The lowest BCUT2D eigenvalue weighted by atomic mass is 10.1. The lowest BCUT2D eigenvalue weighted by Gasteiger charge is -2.09. The maximum absolute atomic E-state index is 12.1. The summed E-state index contributed by atoms with van der Waals surface area (Å²) in [6, 6.07) is 10.4. The first kappa shape index (κ1) is 19.2. The zero-order chi connectivity index (χ0) is 18.9. The highest BCUT2D eigenvalue weighted by molar-refractivity contribution is 5.93. The first-order chi connectivity index (χ1) is 12.4. The first-order valence-electron chi connectivity index (χ1n) is 8.28. The molecule has 26 heavy (non-hydrogen) atoms. The van der Waals surface area contributed by atoms with Crippen molar-refractivity contribution in [3.63, 3.8) is 0 Å². The Morgan fingerprint density at radius 3 is 2.46 bits per heavy atom. The summed E-state index contributed by atoms with van der Waals surface area (Å²) in [6.45, 7) is 3.92. The monoisotopic (exact) mass is 358 g/mol. The molecule has 0 saturated carbocycles. The SMILES string of the molecule is CC(C)Oc1ccc(C(=O)NCCc2ccc(OCC(=O)O)cc2)cn1. The number of pyridine rings is 1. The van der Waals surface area contributed by atoms with Crippen molar-refractivity contribution >= 4 is 11.9 Å². The summed E-state index contributed by atoms with van der Waals surface area (Å²) in [5, 5.41) is 11.4. The van der Waals surface area contributed by atoms with Gasteiger partial charge in [0.1, 0.15) is 5.75 Å². The van der Waals surface area contributed by atoms with E-state index in [-0.39, 0.29) is 18.6 Å². The smallest absolute Gasteiger partial charge is 0.341 e. The molecule has 0 aliphatic carbocycles. The summed E-state index contributed by atoms with van der Waals surface area (Å²) in [4.78, 5) is 26.7. The Hall–Kier alpha value is -3.09. The van der Waals surface area contributed by atoms with Crippen LogP contribution in [0.4, 0.5) is 0 Å². The summed E-state index contributed by atoms with van der Waals surface area (Å²) < 4.78 is 10.5. The molecule has 0 saturated heterocycles. The van der Waals surface area contributed by atoms with Gasteiger partial charge in [0.25, 0.3) is 5.91 Å². The van der Waals surface area contributed by atoms with Crippen LogP contribution >= 0.6 is 0 Å². The second-order valence-electron chi connectivity index (χ2n) is 5.88. The average molecular weight is 358 g/mol. The number of carboxylic acids is 1. The van der Waals surface area contributed by atoms with Gasteiger partial charge < -0.3 is 19.9 Å². The number of nitrogens with one attached hydrogen (secondary N) is 1. The van der Waals surface area contributed by atoms with E-state index in [1.807, 2.05) is 26.0 Å². The van der Waals surface area contributed by atoms with Crippen molar-refractivity contribution in [3.8, 4) is 11.6 Å². The maximum Gasteiger partial charge on any atom is 0.341 e. The number of carboxylic acid groups (broad SMARTS) is 1. The Labute approximate surface area is 152 Å². The summed E-state index contributed by atoms with van der Waals surface area (Å²) in [7, 11) is 0. The van der Waals surface area contributed by atoms with Crippen LogP contribution in [-0.2, 0) is 11.2 Å². The molecule has 2 N–H and O–H groups in total. The van der Waals surface area contributed by atoms with Crippen LogP contribution < -0.4 is 14.8 Å². The molecule has 1 amide bonds. The minimum atomic E-state index is -1.02. The van der Waals surface area contributed by atoms with Gasteiger partial charge in [-0.1, -0.05) is 12.1 Å². The van der Waals surface area contributed by atoms with Crippen LogP contribution in [0.1, 0.15) is 29.8 Å². The Kier molecular flexibility index (Phi) is 6.96. The molecule has 0 bridgehead atoms. The van der Waals surface area contributed by atoms with E-state index in [2.05, 4.69) is 10.3 Å². The van der Waals surface area contributed by atoms with Gasteiger partial charge in [0, 0.05) is 18.8 Å². The number of rotatable bonds is 9. The van der Waals surface area contributed by atoms with Crippen LogP contribution in [-0.4, -0.2) is 41.2 Å². The minimum Gasteiger partial charge on any atom is -0.482 e. The molecule has 2 rings (SSSR count). The number of hydrogen-bond donors (Lipinski definition) is 2. The number of aromatic nitrogens is 1. The second kappa shape index (κ2) is 9.41. The Morgan fingerprint density at radius 2 is 1.88 bits per heavy atom. The third kappa shape index (κ3) is 6.43. The van der Waals surface area contributed by atoms with Crippen molar-refractivity contribution in [2.75, 3.05) is 13.2 Å². The van der Waals surface area contributed by atoms with Crippen LogP contribution in [0, 0.1) is 0 Å². The number of nitrogens with zero attached hydrogens (tertiary/aromatic N) is 1. The van der Waals surface area contributed by atoms with Crippen molar-refractivity contribution in [1.82, 2.24) is 10.3 Å². The lowest BCUT2D eigenvalue weighted by Crippen LogP contribution is -2.25. The Balaban J connectivity index is 1.78. The topological polar surface area (TPSA) is 97.8 Å². The highest BCUT2D eigenvalue weighted by Gasteiger charge is 2.07. The van der Waals surface area contributed by atoms with Gasteiger partial charge in [0.05, 0.1) is 11.7 Å². The molecule has 0 radical (unpaired) electrons. The average Bonchev–Trinajstić information content (AvgIpc) is 2.61. The number of carbonyl (C=O) groups is 2. The van der Waals surface area contributed by atoms with Crippen molar-refractivity contribution in [2.45, 2.75) is 26.4 Å². The van der Waals surface area contributed by atoms with Gasteiger partial charge in [-0.05, 0) is 44.0 Å². The fourth-order valence-corrected chi connectivity index (χ4v) is 2.15. The minimum absolute atomic E-state index is 0.0306. The predicted octanol–water partition coefficient (Wildman–Crippen LogP) is 2.30. The fourth-order valence-electron chi connectivity index (χ4n) is 2.15. The van der Waals surface area contributed by atoms with Gasteiger partial charge >= 0.3 is 5.97 Å². The van der Waals surface area contributed by atoms with E-state index in [1.165, 1.54) is 6.20 Å². The quantitative estimate of drug-likeness (QED) is 0.714. The number of ether oxygens (including phenoxy) is 2. The molecule has 7 heteroatoms. The van der Waals surface area contributed by atoms with E-state index in [9.17, 15) is 9.59 Å². The molecule has 1 aromatic heterocycles. The molecule has 7 nitrogen and oxygen atoms in total. The number of aliphatic carboxylic acids is 1. The van der Waals surface area contributed by atoms with E-state index < -0.39 is 5.97 Å². The van der Waals surface area contributed by atoms with Crippen LogP contribution in [0.3, 0.4) is 0 Å². The van der Waals surface area contributed by atoms with E-state index in [0.29, 0.717) is 30.2 Å². The molecule has 0 aliphatic rings. The summed E-state index contributed by atoms with van der Waals surface area (Å²) >= 11 is 0.